The normalized spacial score (nSPS) is 12.0. The quantitative estimate of drug-likeness (QED) is 0.874. The Kier molecular flexibility index (Phi) is 4.43. The lowest BCUT2D eigenvalue weighted by molar-refractivity contribution is 0.0697. The van der Waals surface area contributed by atoms with Crippen molar-refractivity contribution in [2.75, 3.05) is 5.32 Å². The first-order valence-corrected chi connectivity index (χ1v) is 6.50. The maximum absolute atomic E-state index is 13.2. The van der Waals surface area contributed by atoms with E-state index in [4.69, 9.17) is 16.7 Å². The largest absolute Gasteiger partial charge is 0.478 e. The highest BCUT2D eigenvalue weighted by Gasteiger charge is 2.12. The third-order valence-electron chi connectivity index (χ3n) is 2.96. The van der Waals surface area contributed by atoms with Gasteiger partial charge in [-0.25, -0.2) is 13.6 Å². The van der Waals surface area contributed by atoms with E-state index < -0.39 is 23.6 Å². The predicted octanol–water partition coefficient (Wildman–Crippen LogP) is 4.49. The zero-order valence-electron chi connectivity index (χ0n) is 11.0. The molecule has 0 aliphatic rings. The van der Waals surface area contributed by atoms with Gasteiger partial charge in [0.05, 0.1) is 10.6 Å². The molecule has 6 heteroatoms. The summed E-state index contributed by atoms with van der Waals surface area (Å²) in [6.45, 7) is 1.71. The van der Waals surface area contributed by atoms with Gasteiger partial charge in [0.2, 0.25) is 0 Å². The maximum Gasteiger partial charge on any atom is 0.337 e. The number of carbonyl (C=O) groups is 1. The molecule has 0 aliphatic heterocycles. The van der Waals surface area contributed by atoms with Crippen LogP contribution in [0.5, 0.6) is 0 Å². The molecule has 2 rings (SSSR count). The molecular weight excluding hydrogens is 300 g/mol. The molecule has 0 amide bonds. The molecule has 0 spiro atoms. The summed E-state index contributed by atoms with van der Waals surface area (Å²) in [5.41, 5.74) is 0.868. The van der Waals surface area contributed by atoms with Gasteiger partial charge in [-0.1, -0.05) is 11.6 Å². The van der Waals surface area contributed by atoms with Crippen molar-refractivity contribution in [2.45, 2.75) is 13.0 Å². The lowest BCUT2D eigenvalue weighted by Gasteiger charge is -2.16. The second-order valence-electron chi connectivity index (χ2n) is 4.57. The van der Waals surface area contributed by atoms with E-state index in [1.807, 2.05) is 0 Å². The Morgan fingerprint density at radius 2 is 1.81 bits per heavy atom. The van der Waals surface area contributed by atoms with Crippen molar-refractivity contribution in [3.8, 4) is 0 Å². The summed E-state index contributed by atoms with van der Waals surface area (Å²) in [5, 5.41) is 12.1. The third-order valence-corrected chi connectivity index (χ3v) is 3.29. The number of benzene rings is 2. The standard InChI is InChI=1S/C15H12ClF2NO2/c1-8(9-4-10(17)6-11(18)5-9)19-12-2-3-14(16)13(7-12)15(20)21/h2-8,19H,1H3,(H,20,21). The maximum atomic E-state index is 13.2. The molecule has 0 radical (unpaired) electrons. The van der Waals surface area contributed by atoms with Gasteiger partial charge in [-0.2, -0.15) is 0 Å². The van der Waals surface area contributed by atoms with Crippen LogP contribution in [0.4, 0.5) is 14.5 Å². The first kappa shape index (κ1) is 15.3. The summed E-state index contributed by atoms with van der Waals surface area (Å²) in [5.74, 6) is -2.48. The Labute approximate surface area is 125 Å². The van der Waals surface area contributed by atoms with E-state index in [1.54, 1.807) is 13.0 Å². The van der Waals surface area contributed by atoms with Gasteiger partial charge < -0.3 is 10.4 Å². The molecule has 2 aromatic carbocycles. The Hall–Kier alpha value is -2.14. The van der Waals surface area contributed by atoms with Crippen molar-refractivity contribution in [1.82, 2.24) is 0 Å². The zero-order chi connectivity index (χ0) is 15.6. The van der Waals surface area contributed by atoms with Crippen LogP contribution in [-0.4, -0.2) is 11.1 Å². The van der Waals surface area contributed by atoms with Crippen molar-refractivity contribution in [2.24, 2.45) is 0 Å². The fourth-order valence-corrected chi connectivity index (χ4v) is 2.14. The molecule has 0 aliphatic carbocycles. The number of carboxylic acids is 1. The van der Waals surface area contributed by atoms with Crippen LogP contribution < -0.4 is 5.32 Å². The minimum Gasteiger partial charge on any atom is -0.478 e. The highest BCUT2D eigenvalue weighted by molar-refractivity contribution is 6.33. The highest BCUT2D eigenvalue weighted by Crippen LogP contribution is 2.25. The number of halogens is 3. The molecule has 0 aromatic heterocycles. The Bertz CT molecular complexity index is 671. The molecule has 2 N–H and O–H groups in total. The summed E-state index contributed by atoms with van der Waals surface area (Å²) in [6, 6.07) is 7.24. The van der Waals surface area contributed by atoms with Gasteiger partial charge >= 0.3 is 5.97 Å². The van der Waals surface area contributed by atoms with E-state index in [2.05, 4.69) is 5.32 Å². The van der Waals surface area contributed by atoms with E-state index in [0.717, 1.165) is 6.07 Å². The van der Waals surface area contributed by atoms with Crippen molar-refractivity contribution < 1.29 is 18.7 Å². The Morgan fingerprint density at radius 3 is 2.38 bits per heavy atom. The van der Waals surface area contributed by atoms with Crippen LogP contribution in [0.3, 0.4) is 0 Å². The molecule has 2 aromatic rings. The molecule has 1 atom stereocenters. The number of hydrogen-bond acceptors (Lipinski definition) is 2. The molecule has 0 saturated carbocycles. The van der Waals surface area contributed by atoms with Crippen LogP contribution in [0.15, 0.2) is 36.4 Å². The SMILES string of the molecule is CC(Nc1ccc(Cl)c(C(=O)O)c1)c1cc(F)cc(F)c1. The van der Waals surface area contributed by atoms with Crippen molar-refractivity contribution in [3.63, 3.8) is 0 Å². The van der Waals surface area contributed by atoms with Crippen LogP contribution in [0.2, 0.25) is 5.02 Å². The third kappa shape index (κ3) is 3.70. The van der Waals surface area contributed by atoms with Gasteiger partial charge in [0.1, 0.15) is 11.6 Å². The number of carboxylic acid groups (broad SMARTS) is 1. The second kappa shape index (κ2) is 6.10. The molecule has 0 heterocycles. The summed E-state index contributed by atoms with van der Waals surface area (Å²) >= 11 is 5.78. The van der Waals surface area contributed by atoms with E-state index >= 15 is 0 Å². The van der Waals surface area contributed by atoms with Gasteiger partial charge in [0.25, 0.3) is 0 Å². The number of nitrogens with one attached hydrogen (secondary N) is 1. The molecule has 21 heavy (non-hydrogen) atoms. The predicted molar refractivity (Wildman–Crippen MR) is 76.8 cm³/mol. The van der Waals surface area contributed by atoms with Gasteiger partial charge in [-0.15, -0.1) is 0 Å². The van der Waals surface area contributed by atoms with Crippen LogP contribution in [0.25, 0.3) is 0 Å². The lowest BCUT2D eigenvalue weighted by Crippen LogP contribution is -2.08. The first-order chi connectivity index (χ1) is 9.86. The van der Waals surface area contributed by atoms with Crippen LogP contribution in [-0.2, 0) is 0 Å². The van der Waals surface area contributed by atoms with E-state index in [0.29, 0.717) is 11.3 Å². The van der Waals surface area contributed by atoms with Gasteiger partial charge in [0.15, 0.2) is 0 Å². The summed E-state index contributed by atoms with van der Waals surface area (Å²) < 4.78 is 26.4. The fraction of sp³-hybridized carbons (Fsp3) is 0.133. The van der Waals surface area contributed by atoms with Gasteiger partial charge in [-0.05, 0) is 42.8 Å². The van der Waals surface area contributed by atoms with E-state index in [-0.39, 0.29) is 10.6 Å². The van der Waals surface area contributed by atoms with Crippen LogP contribution in [0.1, 0.15) is 28.9 Å². The summed E-state index contributed by atoms with van der Waals surface area (Å²) in [7, 11) is 0. The number of hydrogen-bond donors (Lipinski definition) is 2. The van der Waals surface area contributed by atoms with Crippen LogP contribution >= 0.6 is 11.6 Å². The second-order valence-corrected chi connectivity index (χ2v) is 4.98. The summed E-state index contributed by atoms with van der Waals surface area (Å²) in [6.07, 6.45) is 0. The topological polar surface area (TPSA) is 49.3 Å². The van der Waals surface area contributed by atoms with Crippen molar-refractivity contribution >= 4 is 23.3 Å². The number of rotatable bonds is 4. The first-order valence-electron chi connectivity index (χ1n) is 6.12. The minimum absolute atomic E-state index is 0.0423. The van der Waals surface area contributed by atoms with Gasteiger partial charge in [-0.3, -0.25) is 0 Å². The Morgan fingerprint density at radius 1 is 1.19 bits per heavy atom. The molecule has 0 fully saturated rings. The Balaban J connectivity index is 2.25. The van der Waals surface area contributed by atoms with Crippen molar-refractivity contribution in [3.05, 3.63) is 64.2 Å². The fourth-order valence-electron chi connectivity index (χ4n) is 1.94. The van der Waals surface area contributed by atoms with E-state index in [9.17, 15) is 13.6 Å². The molecular formula is C15H12ClF2NO2. The monoisotopic (exact) mass is 311 g/mol. The molecule has 0 saturated heterocycles. The average molecular weight is 312 g/mol. The smallest absolute Gasteiger partial charge is 0.337 e. The molecule has 0 bridgehead atoms. The molecule has 1 unspecified atom stereocenters. The molecule has 110 valence electrons. The number of aromatic carboxylic acids is 1. The summed E-state index contributed by atoms with van der Waals surface area (Å²) in [4.78, 5) is 11.0. The lowest BCUT2D eigenvalue weighted by atomic mass is 10.1. The number of anilines is 1. The van der Waals surface area contributed by atoms with Gasteiger partial charge in [0, 0.05) is 17.8 Å². The zero-order valence-corrected chi connectivity index (χ0v) is 11.8. The van der Waals surface area contributed by atoms with Crippen molar-refractivity contribution in [1.29, 1.82) is 0 Å². The average Bonchev–Trinajstić information content (AvgIpc) is 2.39. The highest BCUT2D eigenvalue weighted by atomic mass is 35.5. The van der Waals surface area contributed by atoms with Crippen LogP contribution in [0, 0.1) is 11.6 Å². The molecule has 3 nitrogen and oxygen atoms in total. The van der Waals surface area contributed by atoms with E-state index in [1.165, 1.54) is 24.3 Å². The minimum atomic E-state index is -1.15.